The van der Waals surface area contributed by atoms with Crippen LogP contribution >= 0.6 is 11.6 Å². The smallest absolute Gasteiger partial charge is 0.200 e. The summed E-state index contributed by atoms with van der Waals surface area (Å²) in [5.41, 5.74) is 2.34. The minimum atomic E-state index is 0.608. The minimum Gasteiger partial charge on any atom is -0.457 e. The molecule has 0 saturated carbocycles. The Morgan fingerprint density at radius 1 is 0.826 bits per heavy atom. The molecule has 0 aliphatic heterocycles. The molecule has 112 valence electrons. The third-order valence-electron chi connectivity index (χ3n) is 3.27. The lowest BCUT2D eigenvalue weighted by Gasteiger charge is -2.07. The van der Waals surface area contributed by atoms with Crippen LogP contribution < -0.4 is 4.74 Å². The van der Waals surface area contributed by atoms with Gasteiger partial charge in [-0.3, -0.25) is 0 Å². The number of halogens is 1. The van der Waals surface area contributed by atoms with Crippen LogP contribution in [-0.4, -0.2) is 25.3 Å². The summed E-state index contributed by atoms with van der Waals surface area (Å²) in [6, 6.07) is 18.6. The fourth-order valence-electron chi connectivity index (χ4n) is 2.14. The van der Waals surface area contributed by atoms with E-state index >= 15 is 0 Å². The van der Waals surface area contributed by atoms with E-state index in [4.69, 9.17) is 16.3 Å². The summed E-state index contributed by atoms with van der Waals surface area (Å²) >= 11 is 5.86. The van der Waals surface area contributed by atoms with Crippen LogP contribution in [0.15, 0.2) is 60.7 Å². The van der Waals surface area contributed by atoms with E-state index in [0.717, 1.165) is 22.8 Å². The van der Waals surface area contributed by atoms with Gasteiger partial charge >= 0.3 is 0 Å². The first-order valence-corrected chi connectivity index (χ1v) is 7.25. The standard InChI is InChI=1S/C16H10ClN5O/c17-12-3-7-14(8-4-12)23-13-5-1-11(2-6-13)15-9-10-16-18-20-21-22(16)19-15/h1-10H. The van der Waals surface area contributed by atoms with E-state index in [-0.39, 0.29) is 0 Å². The molecule has 0 aliphatic rings. The lowest BCUT2D eigenvalue weighted by molar-refractivity contribution is 0.483. The van der Waals surface area contributed by atoms with Gasteiger partial charge < -0.3 is 4.74 Å². The van der Waals surface area contributed by atoms with Crippen LogP contribution in [0, 0.1) is 0 Å². The highest BCUT2D eigenvalue weighted by Gasteiger charge is 2.04. The summed E-state index contributed by atoms with van der Waals surface area (Å²) in [6.45, 7) is 0. The Hall–Kier alpha value is -2.99. The summed E-state index contributed by atoms with van der Waals surface area (Å²) in [5.74, 6) is 1.47. The molecule has 23 heavy (non-hydrogen) atoms. The number of nitrogens with zero attached hydrogens (tertiary/aromatic N) is 5. The van der Waals surface area contributed by atoms with Gasteiger partial charge in [-0.05, 0) is 71.1 Å². The van der Waals surface area contributed by atoms with Crippen molar-refractivity contribution in [1.29, 1.82) is 0 Å². The molecule has 7 heteroatoms. The number of rotatable bonds is 3. The quantitative estimate of drug-likeness (QED) is 0.576. The van der Waals surface area contributed by atoms with E-state index < -0.39 is 0 Å². The van der Waals surface area contributed by atoms with E-state index in [2.05, 4.69) is 20.6 Å². The van der Waals surface area contributed by atoms with Crippen molar-refractivity contribution in [2.45, 2.75) is 0 Å². The van der Waals surface area contributed by atoms with Crippen molar-refractivity contribution in [3.63, 3.8) is 0 Å². The number of aromatic nitrogens is 5. The van der Waals surface area contributed by atoms with Crippen molar-refractivity contribution in [1.82, 2.24) is 25.3 Å². The molecule has 6 nitrogen and oxygen atoms in total. The van der Waals surface area contributed by atoms with E-state index in [1.54, 1.807) is 12.1 Å². The Morgan fingerprint density at radius 2 is 1.52 bits per heavy atom. The van der Waals surface area contributed by atoms with Crippen LogP contribution in [0.5, 0.6) is 11.5 Å². The number of fused-ring (bicyclic) bond motifs is 1. The van der Waals surface area contributed by atoms with Crippen molar-refractivity contribution in [2.75, 3.05) is 0 Å². The third-order valence-corrected chi connectivity index (χ3v) is 3.52. The van der Waals surface area contributed by atoms with Crippen molar-refractivity contribution in [3.8, 4) is 22.8 Å². The second-order valence-corrected chi connectivity index (χ2v) is 5.26. The fourth-order valence-corrected chi connectivity index (χ4v) is 2.26. The lowest BCUT2D eigenvalue weighted by atomic mass is 10.1. The van der Waals surface area contributed by atoms with Gasteiger partial charge in [0.05, 0.1) is 5.69 Å². The van der Waals surface area contributed by atoms with Crippen LogP contribution in [0.1, 0.15) is 0 Å². The molecular weight excluding hydrogens is 314 g/mol. The van der Waals surface area contributed by atoms with Gasteiger partial charge in [-0.2, -0.15) is 0 Å². The molecule has 0 amide bonds. The van der Waals surface area contributed by atoms with Crippen molar-refractivity contribution < 1.29 is 4.74 Å². The van der Waals surface area contributed by atoms with E-state index in [0.29, 0.717) is 10.7 Å². The SMILES string of the molecule is Clc1ccc(Oc2ccc(-c3ccc4nnnn4n3)cc2)cc1. The molecule has 4 rings (SSSR count). The Balaban J connectivity index is 1.58. The number of tetrazole rings is 1. The van der Waals surface area contributed by atoms with E-state index in [1.165, 1.54) is 4.63 Å². The molecular formula is C16H10ClN5O. The first kappa shape index (κ1) is 13.7. The summed E-state index contributed by atoms with van der Waals surface area (Å²) in [5, 5.41) is 16.2. The molecule has 0 unspecified atom stereocenters. The Morgan fingerprint density at radius 3 is 2.26 bits per heavy atom. The molecule has 0 N–H and O–H groups in total. The van der Waals surface area contributed by atoms with Crippen LogP contribution in [0.25, 0.3) is 16.9 Å². The molecule has 2 heterocycles. The molecule has 0 fully saturated rings. The zero-order valence-corrected chi connectivity index (χ0v) is 12.6. The Bertz CT molecular complexity index is 950. The van der Waals surface area contributed by atoms with Crippen LogP contribution in [0.3, 0.4) is 0 Å². The maximum atomic E-state index is 5.86. The molecule has 2 aromatic heterocycles. The normalized spacial score (nSPS) is 10.8. The molecule has 4 aromatic rings. The maximum Gasteiger partial charge on any atom is 0.200 e. The van der Waals surface area contributed by atoms with Crippen LogP contribution in [-0.2, 0) is 0 Å². The van der Waals surface area contributed by atoms with Gasteiger partial charge in [-0.25, -0.2) is 0 Å². The number of benzene rings is 2. The van der Waals surface area contributed by atoms with Crippen molar-refractivity contribution in [3.05, 3.63) is 65.7 Å². The van der Waals surface area contributed by atoms with Crippen molar-refractivity contribution in [2.24, 2.45) is 0 Å². The largest absolute Gasteiger partial charge is 0.457 e. The van der Waals surface area contributed by atoms with E-state index in [9.17, 15) is 0 Å². The van der Waals surface area contributed by atoms with Gasteiger partial charge in [-0.15, -0.1) is 14.8 Å². The van der Waals surface area contributed by atoms with Gasteiger partial charge in [0.2, 0.25) is 0 Å². The fraction of sp³-hybridized carbons (Fsp3) is 0. The number of hydrogen-bond donors (Lipinski definition) is 0. The van der Waals surface area contributed by atoms with Gasteiger partial charge in [0.25, 0.3) is 0 Å². The zero-order valence-electron chi connectivity index (χ0n) is 11.8. The third kappa shape index (κ3) is 2.84. The molecule has 0 spiro atoms. The molecule has 0 radical (unpaired) electrons. The minimum absolute atomic E-state index is 0.608. The van der Waals surface area contributed by atoms with Crippen molar-refractivity contribution >= 4 is 17.2 Å². The summed E-state index contributed by atoms with van der Waals surface area (Å²) in [7, 11) is 0. The molecule has 2 aromatic carbocycles. The summed E-state index contributed by atoms with van der Waals surface area (Å²) in [6.07, 6.45) is 0. The number of ether oxygens (including phenoxy) is 1. The maximum absolute atomic E-state index is 5.86. The van der Waals surface area contributed by atoms with Crippen LogP contribution in [0.2, 0.25) is 5.02 Å². The second-order valence-electron chi connectivity index (χ2n) is 4.83. The Kier molecular flexibility index (Phi) is 3.36. The molecule has 0 atom stereocenters. The molecule has 0 bridgehead atoms. The van der Waals surface area contributed by atoms with Gasteiger partial charge in [0.15, 0.2) is 5.65 Å². The van der Waals surface area contributed by atoms with Gasteiger partial charge in [0, 0.05) is 10.6 Å². The summed E-state index contributed by atoms with van der Waals surface area (Å²) < 4.78 is 7.16. The lowest BCUT2D eigenvalue weighted by Crippen LogP contribution is -1.96. The first-order valence-electron chi connectivity index (χ1n) is 6.87. The summed E-state index contributed by atoms with van der Waals surface area (Å²) in [4.78, 5) is 0. The number of hydrogen-bond acceptors (Lipinski definition) is 5. The predicted octanol–water partition coefficient (Wildman–Crippen LogP) is 3.63. The topological polar surface area (TPSA) is 65.2 Å². The average molecular weight is 324 g/mol. The van der Waals surface area contributed by atoms with Gasteiger partial charge in [-0.1, -0.05) is 11.6 Å². The molecule has 0 aliphatic carbocycles. The highest BCUT2D eigenvalue weighted by molar-refractivity contribution is 6.30. The van der Waals surface area contributed by atoms with E-state index in [1.807, 2.05) is 48.5 Å². The van der Waals surface area contributed by atoms with Gasteiger partial charge in [0.1, 0.15) is 11.5 Å². The predicted molar refractivity (Wildman–Crippen MR) is 85.5 cm³/mol. The highest BCUT2D eigenvalue weighted by atomic mass is 35.5. The monoisotopic (exact) mass is 323 g/mol. The molecule has 0 saturated heterocycles. The highest BCUT2D eigenvalue weighted by Crippen LogP contribution is 2.25. The zero-order chi connectivity index (χ0) is 15.6. The second kappa shape index (κ2) is 5.66. The van der Waals surface area contributed by atoms with Crippen LogP contribution in [0.4, 0.5) is 0 Å². The first-order chi connectivity index (χ1) is 11.3. The Labute approximate surface area is 136 Å². The average Bonchev–Trinajstić information content (AvgIpc) is 3.05.